The van der Waals surface area contributed by atoms with E-state index < -0.39 is 6.10 Å². The van der Waals surface area contributed by atoms with Crippen molar-refractivity contribution in [1.82, 2.24) is 4.90 Å². The largest absolute Gasteiger partial charge is 0.497 e. The zero-order valence-electron chi connectivity index (χ0n) is 20.8. The lowest BCUT2D eigenvalue weighted by Gasteiger charge is -2.38. The van der Waals surface area contributed by atoms with Crippen LogP contribution in [0.15, 0.2) is 36.4 Å². The van der Waals surface area contributed by atoms with Gasteiger partial charge >= 0.3 is 0 Å². The van der Waals surface area contributed by atoms with Crippen molar-refractivity contribution in [3.8, 4) is 11.5 Å². The van der Waals surface area contributed by atoms with Crippen molar-refractivity contribution < 1.29 is 19.0 Å². The lowest BCUT2D eigenvalue weighted by Crippen LogP contribution is -2.46. The number of carbonyl (C=O) groups is 1. The van der Waals surface area contributed by atoms with E-state index in [1.54, 1.807) is 7.11 Å². The number of rotatable bonds is 6. The first-order chi connectivity index (χ1) is 17.1. The second-order valence-electron chi connectivity index (χ2n) is 9.34. The van der Waals surface area contributed by atoms with E-state index in [9.17, 15) is 4.79 Å². The molecule has 2 saturated heterocycles. The molecule has 1 atom stereocenters. The number of piperazine rings is 1. The van der Waals surface area contributed by atoms with Crippen LogP contribution < -0.4 is 24.6 Å². The highest BCUT2D eigenvalue weighted by Crippen LogP contribution is 2.41. The molecular formula is C27H36N4O4. The second-order valence-corrected chi connectivity index (χ2v) is 9.34. The van der Waals surface area contributed by atoms with Crippen LogP contribution in [-0.4, -0.2) is 83.0 Å². The number of benzene rings is 2. The summed E-state index contributed by atoms with van der Waals surface area (Å²) < 4.78 is 17.4. The number of methoxy groups -OCH3 is 1. The molecule has 1 unspecified atom stereocenters. The van der Waals surface area contributed by atoms with Gasteiger partial charge in [0.2, 0.25) is 0 Å². The third-order valence-corrected chi connectivity index (χ3v) is 7.26. The number of nitrogens with zero attached hydrogens (tertiary/aromatic N) is 3. The molecular weight excluding hydrogens is 444 g/mol. The molecule has 35 heavy (non-hydrogen) atoms. The van der Waals surface area contributed by atoms with Crippen LogP contribution in [0.2, 0.25) is 0 Å². The Labute approximate surface area is 207 Å². The number of morpholine rings is 1. The van der Waals surface area contributed by atoms with E-state index in [-0.39, 0.29) is 5.91 Å². The van der Waals surface area contributed by atoms with Gasteiger partial charge in [0.25, 0.3) is 5.91 Å². The maximum atomic E-state index is 13.1. The number of hydrogen-bond donors (Lipinski definition) is 1. The van der Waals surface area contributed by atoms with Gasteiger partial charge in [-0.2, -0.15) is 0 Å². The number of fused-ring (bicyclic) bond motifs is 1. The molecule has 0 spiro atoms. The Balaban J connectivity index is 1.28. The van der Waals surface area contributed by atoms with E-state index in [2.05, 4.69) is 39.1 Å². The lowest BCUT2D eigenvalue weighted by atomic mass is 9.99. The van der Waals surface area contributed by atoms with Crippen molar-refractivity contribution in [3.05, 3.63) is 42.0 Å². The number of amides is 1. The molecule has 5 rings (SSSR count). The molecule has 0 aromatic heterocycles. The molecule has 8 nitrogen and oxygen atoms in total. The van der Waals surface area contributed by atoms with Gasteiger partial charge in [-0.25, -0.2) is 0 Å². The average molecular weight is 481 g/mol. The molecule has 0 aliphatic carbocycles. The smallest absolute Gasteiger partial charge is 0.265 e. The first kappa shape index (κ1) is 23.8. The van der Waals surface area contributed by atoms with E-state index in [1.165, 1.54) is 0 Å². The van der Waals surface area contributed by atoms with Crippen LogP contribution in [0.25, 0.3) is 0 Å². The molecule has 3 aliphatic heterocycles. The summed E-state index contributed by atoms with van der Waals surface area (Å²) in [6, 6.07) is 12.1. The topological polar surface area (TPSA) is 66.5 Å². The number of anilines is 3. The fraction of sp³-hybridized carbons (Fsp3) is 0.519. The molecule has 0 bridgehead atoms. The van der Waals surface area contributed by atoms with Crippen LogP contribution in [0.1, 0.15) is 18.9 Å². The number of nitrogens with one attached hydrogen (secondary N) is 1. The van der Waals surface area contributed by atoms with Gasteiger partial charge in [-0.1, -0.05) is 6.92 Å². The highest BCUT2D eigenvalue weighted by atomic mass is 16.5. The van der Waals surface area contributed by atoms with Gasteiger partial charge in [-0.05, 0) is 49.7 Å². The van der Waals surface area contributed by atoms with Crippen molar-refractivity contribution in [3.63, 3.8) is 0 Å². The SMILES string of the molecule is CCN1CCN(c2cc(OC)cc3c2OC(C(=O)Nc2ccc(N4CCOCC4)cc2)CC3)CC1. The van der Waals surface area contributed by atoms with Gasteiger partial charge < -0.3 is 34.2 Å². The summed E-state index contributed by atoms with van der Waals surface area (Å²) in [4.78, 5) is 20.3. The van der Waals surface area contributed by atoms with Crippen molar-refractivity contribution in [1.29, 1.82) is 0 Å². The number of ether oxygens (including phenoxy) is 3. The Bertz CT molecular complexity index is 1010. The van der Waals surface area contributed by atoms with Gasteiger partial charge in [-0.15, -0.1) is 0 Å². The molecule has 0 radical (unpaired) electrons. The third-order valence-electron chi connectivity index (χ3n) is 7.26. The summed E-state index contributed by atoms with van der Waals surface area (Å²) >= 11 is 0. The van der Waals surface area contributed by atoms with Gasteiger partial charge in [0, 0.05) is 62.3 Å². The van der Waals surface area contributed by atoms with Crippen molar-refractivity contribution in [2.75, 3.05) is 81.3 Å². The van der Waals surface area contributed by atoms with Crippen LogP contribution >= 0.6 is 0 Å². The molecule has 2 aromatic carbocycles. The Morgan fingerprint density at radius 2 is 1.77 bits per heavy atom. The summed E-state index contributed by atoms with van der Waals surface area (Å²) in [6.45, 7) is 10.5. The highest BCUT2D eigenvalue weighted by Gasteiger charge is 2.31. The maximum absolute atomic E-state index is 13.1. The van der Waals surface area contributed by atoms with Gasteiger partial charge in [0.1, 0.15) is 11.5 Å². The van der Waals surface area contributed by atoms with Crippen molar-refractivity contribution >= 4 is 23.0 Å². The minimum atomic E-state index is -0.523. The van der Waals surface area contributed by atoms with E-state index in [0.29, 0.717) is 6.42 Å². The number of hydrogen-bond acceptors (Lipinski definition) is 7. The minimum Gasteiger partial charge on any atom is -0.497 e. The van der Waals surface area contributed by atoms with Crippen molar-refractivity contribution in [2.45, 2.75) is 25.9 Å². The first-order valence-electron chi connectivity index (χ1n) is 12.7. The predicted octanol–water partition coefficient (Wildman–Crippen LogP) is 3.01. The molecule has 3 heterocycles. The van der Waals surface area contributed by atoms with E-state index in [0.717, 1.165) is 99.6 Å². The molecule has 1 amide bonds. The van der Waals surface area contributed by atoms with Crippen LogP contribution in [0.5, 0.6) is 11.5 Å². The lowest BCUT2D eigenvalue weighted by molar-refractivity contribution is -0.123. The summed E-state index contributed by atoms with van der Waals surface area (Å²) in [5, 5.41) is 3.06. The molecule has 3 aliphatic rings. The van der Waals surface area contributed by atoms with Crippen LogP contribution in [0, 0.1) is 0 Å². The normalized spacial score (nSPS) is 20.7. The molecule has 188 valence electrons. The molecule has 2 aromatic rings. The van der Waals surface area contributed by atoms with Gasteiger partial charge in [0.15, 0.2) is 6.10 Å². The van der Waals surface area contributed by atoms with Crippen LogP contribution in [0.4, 0.5) is 17.1 Å². The fourth-order valence-corrected chi connectivity index (χ4v) is 5.10. The Hall–Kier alpha value is -2.97. The van der Waals surface area contributed by atoms with E-state index >= 15 is 0 Å². The summed E-state index contributed by atoms with van der Waals surface area (Å²) in [6.07, 6.45) is 0.897. The minimum absolute atomic E-state index is 0.104. The van der Waals surface area contributed by atoms with Crippen molar-refractivity contribution in [2.24, 2.45) is 0 Å². The van der Waals surface area contributed by atoms with Crippen LogP contribution in [0.3, 0.4) is 0 Å². The zero-order valence-corrected chi connectivity index (χ0v) is 20.8. The summed E-state index contributed by atoms with van der Waals surface area (Å²) in [5.41, 5.74) is 4.07. The second kappa shape index (κ2) is 10.7. The number of carbonyl (C=O) groups excluding carboxylic acids is 1. The average Bonchev–Trinajstić information content (AvgIpc) is 2.93. The van der Waals surface area contributed by atoms with Gasteiger partial charge in [-0.3, -0.25) is 4.79 Å². The zero-order chi connectivity index (χ0) is 24.2. The first-order valence-corrected chi connectivity index (χ1v) is 12.7. The standard InChI is InChI=1S/C27H36N4O4/c1-3-29-10-12-31(13-11-29)24-19-23(33-2)18-20-4-9-25(35-26(20)24)27(32)28-21-5-7-22(8-6-21)30-14-16-34-17-15-30/h5-8,18-19,25H,3-4,9-17H2,1-2H3,(H,28,32). The van der Waals surface area contributed by atoms with E-state index in [4.69, 9.17) is 14.2 Å². The molecule has 8 heteroatoms. The Morgan fingerprint density at radius 1 is 1.03 bits per heavy atom. The summed E-state index contributed by atoms with van der Waals surface area (Å²) in [7, 11) is 1.70. The Morgan fingerprint density at radius 3 is 2.46 bits per heavy atom. The monoisotopic (exact) mass is 480 g/mol. The fourth-order valence-electron chi connectivity index (χ4n) is 5.10. The van der Waals surface area contributed by atoms with E-state index in [1.807, 2.05) is 24.3 Å². The predicted molar refractivity (Wildman–Crippen MR) is 138 cm³/mol. The molecule has 0 saturated carbocycles. The quantitative estimate of drug-likeness (QED) is 0.682. The third kappa shape index (κ3) is 5.33. The Kier molecular flexibility index (Phi) is 7.29. The van der Waals surface area contributed by atoms with Gasteiger partial charge in [0.05, 0.1) is 26.0 Å². The molecule has 2 fully saturated rings. The maximum Gasteiger partial charge on any atom is 0.265 e. The molecule has 1 N–H and O–H groups in total. The number of aryl methyl sites for hydroxylation is 1. The van der Waals surface area contributed by atoms with Crippen LogP contribution in [-0.2, 0) is 16.0 Å². The summed E-state index contributed by atoms with van der Waals surface area (Å²) in [5.74, 6) is 1.56. The highest BCUT2D eigenvalue weighted by molar-refractivity contribution is 5.95. The number of likely N-dealkylation sites (N-methyl/N-ethyl adjacent to an activating group) is 1.